The van der Waals surface area contributed by atoms with E-state index in [1.54, 1.807) is 7.11 Å². The zero-order valence-corrected chi connectivity index (χ0v) is 14.8. The largest absolute Gasteiger partial charge is 0.481 e. The molecule has 2 saturated heterocycles. The van der Waals surface area contributed by atoms with Gasteiger partial charge in [0.1, 0.15) is 0 Å². The van der Waals surface area contributed by atoms with Gasteiger partial charge < -0.3 is 14.7 Å². The number of nitrogens with zero attached hydrogens (tertiary/aromatic N) is 2. The molecule has 7 heteroatoms. The van der Waals surface area contributed by atoms with Crippen LogP contribution in [0.5, 0.6) is 0 Å². The molecule has 1 aromatic heterocycles. The first-order valence-corrected chi connectivity index (χ1v) is 9.27. The molecule has 2 aliphatic rings. The Balaban J connectivity index is 1.78. The van der Waals surface area contributed by atoms with Gasteiger partial charge in [0.05, 0.1) is 17.6 Å². The molecule has 0 aromatic carbocycles. The second kappa shape index (κ2) is 7.21. The van der Waals surface area contributed by atoms with Gasteiger partial charge in [0.25, 0.3) is 5.91 Å². The van der Waals surface area contributed by atoms with E-state index in [1.165, 1.54) is 11.3 Å². The molecular weight excluding hydrogens is 328 g/mol. The van der Waals surface area contributed by atoms with Gasteiger partial charge in [0.2, 0.25) is 0 Å². The van der Waals surface area contributed by atoms with Gasteiger partial charge in [0.15, 0.2) is 0 Å². The number of methoxy groups -OCH3 is 1. The van der Waals surface area contributed by atoms with Crippen LogP contribution >= 0.6 is 11.3 Å². The van der Waals surface area contributed by atoms with E-state index in [0.29, 0.717) is 44.8 Å². The minimum absolute atomic E-state index is 0.0211. The highest BCUT2D eigenvalue weighted by Crippen LogP contribution is 2.43. The maximum absolute atomic E-state index is 12.7. The molecule has 0 unspecified atom stereocenters. The number of amides is 1. The molecule has 1 aromatic rings. The smallest absolute Gasteiger partial charge is 0.311 e. The number of thiophene rings is 1. The lowest BCUT2D eigenvalue weighted by Gasteiger charge is -2.29. The van der Waals surface area contributed by atoms with Crippen LogP contribution in [0.2, 0.25) is 0 Å². The predicted octanol–water partition coefficient (Wildman–Crippen LogP) is 1.63. The molecule has 0 radical (unpaired) electrons. The minimum Gasteiger partial charge on any atom is -0.481 e. The molecule has 2 atom stereocenters. The summed E-state index contributed by atoms with van der Waals surface area (Å²) in [6, 6.07) is 1.84. The number of hydrogen-bond donors (Lipinski definition) is 1. The van der Waals surface area contributed by atoms with Crippen LogP contribution in [0.4, 0.5) is 0 Å². The first-order chi connectivity index (χ1) is 11.6. The fourth-order valence-electron chi connectivity index (χ4n) is 4.03. The van der Waals surface area contributed by atoms with Gasteiger partial charge in [-0.2, -0.15) is 11.3 Å². The molecular formula is C17H24N2O4S. The number of fused-ring (bicyclic) bond motifs is 1. The van der Waals surface area contributed by atoms with Gasteiger partial charge in [-0.05, 0) is 24.3 Å². The number of rotatable bonds is 5. The zero-order chi connectivity index (χ0) is 17.2. The van der Waals surface area contributed by atoms with E-state index in [2.05, 4.69) is 4.90 Å². The Bertz CT molecular complexity index is 591. The molecule has 1 amide bonds. The molecule has 3 rings (SSSR count). The summed E-state index contributed by atoms with van der Waals surface area (Å²) in [6.45, 7) is 3.75. The van der Waals surface area contributed by atoms with Crippen molar-refractivity contribution in [3.8, 4) is 0 Å². The molecule has 0 aliphatic carbocycles. The topological polar surface area (TPSA) is 70.1 Å². The average molecular weight is 352 g/mol. The number of ether oxygens (including phenoxy) is 1. The molecule has 132 valence electrons. The molecule has 2 fully saturated rings. The number of carboxylic acid groups (broad SMARTS) is 1. The van der Waals surface area contributed by atoms with Crippen LogP contribution in [0.25, 0.3) is 0 Å². The van der Waals surface area contributed by atoms with Crippen LogP contribution in [-0.2, 0) is 9.53 Å². The van der Waals surface area contributed by atoms with Gasteiger partial charge in [0, 0.05) is 51.1 Å². The summed E-state index contributed by atoms with van der Waals surface area (Å²) >= 11 is 1.51. The van der Waals surface area contributed by atoms with Crippen molar-refractivity contribution in [3.05, 3.63) is 22.4 Å². The Morgan fingerprint density at radius 2 is 2.29 bits per heavy atom. The summed E-state index contributed by atoms with van der Waals surface area (Å²) in [7, 11) is 1.66. The number of hydrogen-bond acceptors (Lipinski definition) is 5. The third-order valence-electron chi connectivity index (χ3n) is 5.35. The monoisotopic (exact) mass is 352 g/mol. The Morgan fingerprint density at radius 3 is 2.96 bits per heavy atom. The molecule has 0 saturated carbocycles. The Kier molecular flexibility index (Phi) is 5.22. The Morgan fingerprint density at radius 1 is 1.46 bits per heavy atom. The van der Waals surface area contributed by atoms with Crippen LogP contribution in [-0.4, -0.2) is 73.2 Å². The summed E-state index contributed by atoms with van der Waals surface area (Å²) in [5, 5.41) is 13.7. The first-order valence-electron chi connectivity index (χ1n) is 8.33. The molecule has 2 aliphatic heterocycles. The van der Waals surface area contributed by atoms with E-state index in [1.807, 2.05) is 21.7 Å². The molecule has 0 bridgehead atoms. The third-order valence-corrected chi connectivity index (χ3v) is 6.03. The number of carboxylic acids is 1. The molecule has 1 N–H and O–H groups in total. The zero-order valence-electron chi connectivity index (χ0n) is 13.9. The number of carbonyl (C=O) groups is 2. The van der Waals surface area contributed by atoms with Crippen molar-refractivity contribution >= 4 is 23.2 Å². The van der Waals surface area contributed by atoms with Crippen molar-refractivity contribution < 1.29 is 19.4 Å². The van der Waals surface area contributed by atoms with Gasteiger partial charge >= 0.3 is 5.97 Å². The number of aliphatic carboxylic acids is 1. The molecule has 6 nitrogen and oxygen atoms in total. The van der Waals surface area contributed by atoms with E-state index in [-0.39, 0.29) is 11.8 Å². The Hall–Kier alpha value is -1.44. The van der Waals surface area contributed by atoms with E-state index in [0.717, 1.165) is 13.0 Å². The molecule has 24 heavy (non-hydrogen) atoms. The molecule has 3 heterocycles. The lowest BCUT2D eigenvalue weighted by atomic mass is 9.75. The van der Waals surface area contributed by atoms with E-state index in [9.17, 15) is 14.7 Å². The van der Waals surface area contributed by atoms with E-state index >= 15 is 0 Å². The number of likely N-dealkylation sites (tertiary alicyclic amines) is 2. The lowest BCUT2D eigenvalue weighted by molar-refractivity contribution is -0.151. The van der Waals surface area contributed by atoms with Crippen LogP contribution in [0.15, 0.2) is 16.8 Å². The SMILES string of the molecule is COCCN1C[C@@H]2CN(C(=O)c3ccsc3)CCC[C@]2(C(=O)O)C1. The van der Waals surface area contributed by atoms with Gasteiger partial charge in [-0.3, -0.25) is 14.5 Å². The highest BCUT2D eigenvalue weighted by molar-refractivity contribution is 7.08. The van der Waals surface area contributed by atoms with Crippen LogP contribution in [0, 0.1) is 11.3 Å². The van der Waals surface area contributed by atoms with Gasteiger partial charge in [-0.1, -0.05) is 0 Å². The van der Waals surface area contributed by atoms with Crippen molar-refractivity contribution in [1.82, 2.24) is 9.80 Å². The summed E-state index contributed by atoms with van der Waals surface area (Å²) in [4.78, 5) is 28.8. The third kappa shape index (κ3) is 3.20. The summed E-state index contributed by atoms with van der Waals surface area (Å²) in [5.41, 5.74) is -0.0331. The van der Waals surface area contributed by atoms with E-state index < -0.39 is 11.4 Å². The highest BCUT2D eigenvalue weighted by atomic mass is 32.1. The minimum atomic E-state index is -0.739. The maximum atomic E-state index is 12.7. The summed E-state index contributed by atoms with van der Waals surface area (Å²) in [6.07, 6.45) is 1.36. The lowest BCUT2D eigenvalue weighted by Crippen LogP contribution is -2.42. The van der Waals surface area contributed by atoms with Crippen molar-refractivity contribution in [1.29, 1.82) is 0 Å². The van der Waals surface area contributed by atoms with Crippen molar-refractivity contribution in [2.24, 2.45) is 11.3 Å². The normalized spacial score (nSPS) is 27.7. The fourth-order valence-corrected chi connectivity index (χ4v) is 4.66. The van der Waals surface area contributed by atoms with Crippen molar-refractivity contribution in [2.45, 2.75) is 12.8 Å². The first kappa shape index (κ1) is 17.4. The predicted molar refractivity (Wildman–Crippen MR) is 91.3 cm³/mol. The second-order valence-electron chi connectivity index (χ2n) is 6.75. The Labute approximate surface area is 146 Å². The summed E-state index contributed by atoms with van der Waals surface area (Å²) < 4.78 is 5.13. The average Bonchev–Trinajstić information content (AvgIpc) is 3.17. The van der Waals surface area contributed by atoms with Crippen molar-refractivity contribution in [2.75, 3.05) is 46.4 Å². The van der Waals surface area contributed by atoms with Crippen LogP contribution < -0.4 is 0 Å². The second-order valence-corrected chi connectivity index (χ2v) is 7.53. The van der Waals surface area contributed by atoms with Gasteiger partial charge in [-0.15, -0.1) is 0 Å². The maximum Gasteiger partial charge on any atom is 0.311 e. The molecule has 0 spiro atoms. The van der Waals surface area contributed by atoms with Gasteiger partial charge in [-0.25, -0.2) is 0 Å². The van der Waals surface area contributed by atoms with E-state index in [4.69, 9.17) is 4.74 Å². The number of carbonyl (C=O) groups excluding carboxylic acids is 1. The summed E-state index contributed by atoms with van der Waals surface area (Å²) in [5.74, 6) is -0.734. The highest BCUT2D eigenvalue weighted by Gasteiger charge is 2.53. The standard InChI is InChI=1S/C17H24N2O4S/c1-23-7-6-18-9-14-10-19(15(20)13-3-8-24-11-13)5-2-4-17(14,12-18)16(21)22/h3,8,11,14H,2,4-7,9-10,12H2,1H3,(H,21,22)/t14-,17+/m1/s1. The fraction of sp³-hybridized carbons (Fsp3) is 0.647. The van der Waals surface area contributed by atoms with Crippen LogP contribution in [0.3, 0.4) is 0 Å². The van der Waals surface area contributed by atoms with Crippen LogP contribution in [0.1, 0.15) is 23.2 Å². The quantitative estimate of drug-likeness (QED) is 0.872. The van der Waals surface area contributed by atoms with Crippen molar-refractivity contribution in [3.63, 3.8) is 0 Å².